The average molecular weight is 490 g/mol. The summed E-state index contributed by atoms with van der Waals surface area (Å²) in [5.41, 5.74) is 1.57. The van der Waals surface area contributed by atoms with Gasteiger partial charge in [0.25, 0.3) is 0 Å². The minimum atomic E-state index is -0.633. The number of hydrogen-bond donors (Lipinski definition) is 3. The van der Waals surface area contributed by atoms with Crippen LogP contribution >= 0.6 is 0 Å². The van der Waals surface area contributed by atoms with Crippen LogP contribution in [0.25, 0.3) is 0 Å². The van der Waals surface area contributed by atoms with Gasteiger partial charge in [0.1, 0.15) is 29.6 Å². The van der Waals surface area contributed by atoms with Crippen LogP contribution in [0, 0.1) is 11.6 Å². The van der Waals surface area contributed by atoms with E-state index in [2.05, 4.69) is 10.6 Å². The van der Waals surface area contributed by atoms with Gasteiger partial charge in [0.05, 0.1) is 25.7 Å². The van der Waals surface area contributed by atoms with Gasteiger partial charge in [0, 0.05) is 29.3 Å². The molecule has 0 saturated carbocycles. The summed E-state index contributed by atoms with van der Waals surface area (Å²) in [5, 5.41) is 15.4. The zero-order valence-corrected chi connectivity index (χ0v) is 19.6. The van der Waals surface area contributed by atoms with Crippen molar-refractivity contribution in [2.45, 2.75) is 43.6 Å². The fourth-order valence-corrected chi connectivity index (χ4v) is 4.61. The number of carbonyl (C=O) groups excluding carboxylic acids is 2. The van der Waals surface area contributed by atoms with E-state index in [9.17, 15) is 23.5 Å². The minimum absolute atomic E-state index is 0.00868. The maximum atomic E-state index is 13.8. The maximum Gasteiger partial charge on any atom is 0.238 e. The van der Waals surface area contributed by atoms with Gasteiger partial charge < -0.3 is 30.1 Å². The Hall–Kier alpha value is -3.08. The topological polar surface area (TPSA) is 100 Å². The van der Waals surface area contributed by atoms with E-state index >= 15 is 0 Å². The van der Waals surface area contributed by atoms with Gasteiger partial charge in [-0.3, -0.25) is 9.59 Å². The number of aliphatic hydroxyl groups is 1. The van der Waals surface area contributed by atoms with Gasteiger partial charge in [0.15, 0.2) is 0 Å². The second-order valence-electron chi connectivity index (χ2n) is 9.16. The van der Waals surface area contributed by atoms with E-state index in [1.165, 1.54) is 0 Å². The van der Waals surface area contributed by atoms with Gasteiger partial charge in [0.2, 0.25) is 11.8 Å². The van der Waals surface area contributed by atoms with Crippen molar-refractivity contribution in [3.8, 4) is 5.75 Å². The van der Waals surface area contributed by atoms with Crippen LogP contribution < -0.4 is 15.4 Å². The molecule has 2 aromatic rings. The average Bonchev–Trinajstić information content (AvgIpc) is 3.16. The lowest BCUT2D eigenvalue weighted by Crippen LogP contribution is -2.47. The number of halogens is 2. The number of ether oxygens (including phenoxy) is 2. The Balaban J connectivity index is 1.42. The Bertz CT molecular complexity index is 1100. The summed E-state index contributed by atoms with van der Waals surface area (Å²) in [6.45, 7) is -0.183. The second kappa shape index (κ2) is 10.7. The van der Waals surface area contributed by atoms with Gasteiger partial charge >= 0.3 is 0 Å². The van der Waals surface area contributed by atoms with Crippen molar-refractivity contribution in [1.82, 2.24) is 10.2 Å². The molecule has 35 heavy (non-hydrogen) atoms. The molecule has 8 nitrogen and oxygen atoms in total. The number of aliphatic hydroxyl groups excluding tert-OH is 1. The van der Waals surface area contributed by atoms with Crippen molar-refractivity contribution in [2.24, 2.45) is 0 Å². The van der Waals surface area contributed by atoms with Crippen molar-refractivity contribution in [1.29, 1.82) is 0 Å². The number of anilines is 1. The first-order valence-electron chi connectivity index (χ1n) is 11.5. The molecule has 1 fully saturated rings. The first-order valence-corrected chi connectivity index (χ1v) is 11.5. The third-order valence-corrected chi connectivity index (χ3v) is 6.14. The molecule has 10 heteroatoms. The van der Waals surface area contributed by atoms with Gasteiger partial charge in [-0.25, -0.2) is 8.78 Å². The Labute approximate surface area is 202 Å². The first-order chi connectivity index (χ1) is 16.7. The summed E-state index contributed by atoms with van der Waals surface area (Å²) >= 11 is 0. The number of hydrogen-bond acceptors (Lipinski definition) is 6. The Morgan fingerprint density at radius 1 is 1.14 bits per heavy atom. The van der Waals surface area contributed by atoms with Crippen molar-refractivity contribution in [3.05, 3.63) is 59.2 Å². The lowest BCUT2D eigenvalue weighted by atomic mass is 9.84. The molecule has 0 aliphatic carbocycles. The molecule has 2 aromatic carbocycles. The van der Waals surface area contributed by atoms with Gasteiger partial charge in [-0.2, -0.15) is 0 Å². The monoisotopic (exact) mass is 489 g/mol. The quantitative estimate of drug-likeness (QED) is 0.526. The van der Waals surface area contributed by atoms with E-state index < -0.39 is 29.9 Å². The van der Waals surface area contributed by atoms with E-state index in [0.717, 1.165) is 23.8 Å². The molecule has 2 aliphatic heterocycles. The van der Waals surface area contributed by atoms with Crippen molar-refractivity contribution >= 4 is 17.5 Å². The standard InChI is InChI=1S/C25H29F2N3O5/c1-30(2)12-24(33)29-16-4-6-21-18(8-16)19-9-17(34-22(13-31)25(19)35-21)10-23(32)28-11-14-7-15(26)3-5-20(14)27/h3-8,17,19,22,25,31H,9-13H2,1-2H3,(H,28,32)(H,29,33)/t17-,19+,22-,25-/m1/s1. The zero-order chi connectivity index (χ0) is 25.1. The van der Waals surface area contributed by atoms with Crippen LogP contribution in [-0.2, 0) is 20.9 Å². The number of fused-ring (bicyclic) bond motifs is 3. The summed E-state index contributed by atoms with van der Waals surface area (Å²) in [6, 6.07) is 8.47. The highest BCUT2D eigenvalue weighted by molar-refractivity contribution is 5.92. The van der Waals surface area contributed by atoms with Crippen LogP contribution in [0.4, 0.5) is 14.5 Å². The minimum Gasteiger partial charge on any atom is -0.487 e. The molecule has 2 amide bonds. The summed E-state index contributed by atoms with van der Waals surface area (Å²) < 4.78 is 39.2. The van der Waals surface area contributed by atoms with Crippen molar-refractivity contribution < 1.29 is 33.0 Å². The summed E-state index contributed by atoms with van der Waals surface area (Å²) in [6.07, 6.45) is -1.10. The van der Waals surface area contributed by atoms with E-state index in [4.69, 9.17) is 9.47 Å². The highest BCUT2D eigenvalue weighted by Crippen LogP contribution is 2.47. The molecule has 3 N–H and O–H groups in total. The molecule has 188 valence electrons. The number of nitrogens with zero attached hydrogens (tertiary/aromatic N) is 1. The normalized spacial score (nSPS) is 22.8. The summed E-state index contributed by atoms with van der Waals surface area (Å²) in [4.78, 5) is 26.4. The van der Waals surface area contributed by atoms with Crippen LogP contribution in [0.5, 0.6) is 5.75 Å². The third kappa shape index (κ3) is 5.95. The number of amides is 2. The lowest BCUT2D eigenvalue weighted by Gasteiger charge is -2.37. The maximum absolute atomic E-state index is 13.8. The van der Waals surface area contributed by atoms with E-state index in [0.29, 0.717) is 17.9 Å². The predicted octanol–water partition coefficient (Wildman–Crippen LogP) is 2.17. The molecule has 1 saturated heterocycles. The zero-order valence-electron chi connectivity index (χ0n) is 19.6. The van der Waals surface area contributed by atoms with Crippen molar-refractivity contribution in [2.75, 3.05) is 32.6 Å². The molecular formula is C25H29F2N3O5. The van der Waals surface area contributed by atoms with Gasteiger partial charge in [-0.05, 0) is 56.9 Å². The summed E-state index contributed by atoms with van der Waals surface area (Å²) in [7, 11) is 3.62. The molecule has 4 atom stereocenters. The van der Waals surface area contributed by atoms with Crippen LogP contribution in [0.15, 0.2) is 36.4 Å². The first kappa shape index (κ1) is 25.0. The van der Waals surface area contributed by atoms with Gasteiger partial charge in [-0.15, -0.1) is 0 Å². The van der Waals surface area contributed by atoms with E-state index in [-0.39, 0.29) is 49.4 Å². The van der Waals surface area contributed by atoms with E-state index in [1.54, 1.807) is 17.0 Å². The summed E-state index contributed by atoms with van der Waals surface area (Å²) in [5.74, 6) is -1.19. The molecule has 2 heterocycles. The van der Waals surface area contributed by atoms with Crippen LogP contribution in [-0.4, -0.2) is 67.4 Å². The molecule has 4 rings (SSSR count). The fraction of sp³-hybridized carbons (Fsp3) is 0.440. The molecule has 0 bridgehead atoms. The SMILES string of the molecule is CN(C)CC(=O)Nc1ccc2c(c1)[C@@H]1C[C@H](CC(=O)NCc3cc(F)ccc3F)O[C@H](CO)[C@@H]1O2. The molecule has 0 aromatic heterocycles. The largest absolute Gasteiger partial charge is 0.487 e. The molecule has 0 spiro atoms. The van der Waals surface area contributed by atoms with Gasteiger partial charge in [-0.1, -0.05) is 0 Å². The van der Waals surface area contributed by atoms with Crippen LogP contribution in [0.3, 0.4) is 0 Å². The number of benzene rings is 2. The Kier molecular flexibility index (Phi) is 7.63. The number of nitrogens with one attached hydrogen (secondary N) is 2. The second-order valence-corrected chi connectivity index (χ2v) is 9.16. The molecule has 2 aliphatic rings. The highest BCUT2D eigenvalue weighted by Gasteiger charge is 2.46. The third-order valence-electron chi connectivity index (χ3n) is 6.14. The smallest absolute Gasteiger partial charge is 0.238 e. The number of likely N-dealkylation sites (N-methyl/N-ethyl adjacent to an activating group) is 1. The lowest BCUT2D eigenvalue weighted by molar-refractivity contribution is -0.142. The van der Waals surface area contributed by atoms with Crippen LogP contribution in [0.1, 0.15) is 29.9 Å². The van der Waals surface area contributed by atoms with E-state index in [1.807, 2.05) is 20.2 Å². The molecule has 0 unspecified atom stereocenters. The van der Waals surface area contributed by atoms with Crippen molar-refractivity contribution in [3.63, 3.8) is 0 Å². The van der Waals surface area contributed by atoms with Crippen LogP contribution in [0.2, 0.25) is 0 Å². The Morgan fingerprint density at radius 3 is 2.69 bits per heavy atom. The number of rotatable bonds is 8. The predicted molar refractivity (Wildman–Crippen MR) is 124 cm³/mol. The Morgan fingerprint density at radius 2 is 1.94 bits per heavy atom. The highest BCUT2D eigenvalue weighted by atomic mass is 19.1. The molecular weight excluding hydrogens is 460 g/mol. The number of carbonyl (C=O) groups is 2. The molecule has 0 radical (unpaired) electrons. The fourth-order valence-electron chi connectivity index (χ4n) is 4.61.